The van der Waals surface area contributed by atoms with Crippen LogP contribution < -0.4 is 10.9 Å². The number of nitrogens with one attached hydrogen (secondary N) is 1. The van der Waals surface area contributed by atoms with Crippen LogP contribution in [0.5, 0.6) is 0 Å². The molecule has 0 saturated carbocycles. The molecule has 176 valence electrons. The van der Waals surface area contributed by atoms with Gasteiger partial charge in [-0.05, 0) is 62.1 Å². The highest BCUT2D eigenvalue weighted by Crippen LogP contribution is 2.32. The fourth-order valence-electron chi connectivity index (χ4n) is 4.17. The first-order valence-electron chi connectivity index (χ1n) is 10.9. The van der Waals surface area contributed by atoms with Crippen LogP contribution in [0.1, 0.15) is 34.2 Å². The highest BCUT2D eigenvalue weighted by Gasteiger charge is 2.22. The first-order valence-corrected chi connectivity index (χ1v) is 11.2. The van der Waals surface area contributed by atoms with E-state index in [1.54, 1.807) is 30.5 Å². The number of carbonyl (C=O) groups excluding carboxylic acids is 1. The number of benzene rings is 2. The molecule has 0 aliphatic carbocycles. The van der Waals surface area contributed by atoms with Crippen molar-refractivity contribution in [1.82, 2.24) is 5.32 Å². The molecule has 7 nitrogen and oxygen atoms in total. The summed E-state index contributed by atoms with van der Waals surface area (Å²) in [6.45, 7) is 5.61. The number of carboxylic acid groups (broad SMARTS) is 1. The van der Waals surface area contributed by atoms with Crippen molar-refractivity contribution in [2.24, 2.45) is 0 Å². The summed E-state index contributed by atoms with van der Waals surface area (Å²) in [7, 11) is 0. The number of hydrogen-bond donors (Lipinski definition) is 2. The fraction of sp³-hybridized carbons (Fsp3) is 0.269. The number of furan rings is 1. The summed E-state index contributed by atoms with van der Waals surface area (Å²) in [6, 6.07) is 7.61. The monoisotopic (exact) mass is 481 g/mol. The summed E-state index contributed by atoms with van der Waals surface area (Å²) in [5.41, 5.74) is 4.22. The Labute approximate surface area is 200 Å². The standard InChI is InChI=1S/C26H24ClNO6/c1-13-12-33-23-15(3)24-20(11-19(13)23)14(2)18(26(32)34-24)8-9-22(29)28-21(25(30)31)10-16-4-6-17(27)7-5-16/h4-7,11-12,21H,8-10H2,1-3H3,(H,28,29)(H,30,31)/t21-/m1/s1. The number of amides is 1. The van der Waals surface area contributed by atoms with Crippen molar-refractivity contribution in [3.05, 3.63) is 79.9 Å². The zero-order valence-electron chi connectivity index (χ0n) is 19.0. The number of aliphatic carboxylic acids is 1. The zero-order valence-corrected chi connectivity index (χ0v) is 19.8. The van der Waals surface area contributed by atoms with Crippen LogP contribution in [-0.2, 0) is 22.4 Å². The molecule has 2 heterocycles. The van der Waals surface area contributed by atoms with Gasteiger partial charge in [0.05, 0.1) is 6.26 Å². The third-order valence-electron chi connectivity index (χ3n) is 6.12. The molecule has 2 aromatic carbocycles. The van der Waals surface area contributed by atoms with Crippen molar-refractivity contribution in [3.63, 3.8) is 0 Å². The molecule has 0 fully saturated rings. The quantitative estimate of drug-likeness (QED) is 0.365. The van der Waals surface area contributed by atoms with Gasteiger partial charge in [-0.3, -0.25) is 4.79 Å². The number of carbonyl (C=O) groups is 2. The second-order valence-corrected chi connectivity index (χ2v) is 8.89. The summed E-state index contributed by atoms with van der Waals surface area (Å²) in [5, 5.41) is 14.4. The van der Waals surface area contributed by atoms with Gasteiger partial charge < -0.3 is 19.3 Å². The van der Waals surface area contributed by atoms with E-state index < -0.39 is 23.5 Å². The van der Waals surface area contributed by atoms with Gasteiger partial charge in [-0.2, -0.15) is 0 Å². The van der Waals surface area contributed by atoms with Crippen molar-refractivity contribution >= 4 is 45.4 Å². The first kappa shape index (κ1) is 23.6. The van der Waals surface area contributed by atoms with Crippen molar-refractivity contribution in [2.75, 3.05) is 0 Å². The first-order chi connectivity index (χ1) is 16.2. The second-order valence-electron chi connectivity index (χ2n) is 8.46. The molecule has 4 aromatic rings. The van der Waals surface area contributed by atoms with E-state index >= 15 is 0 Å². The smallest absolute Gasteiger partial charge is 0.339 e. The fourth-order valence-corrected chi connectivity index (χ4v) is 4.30. The molecule has 4 rings (SSSR count). The van der Waals surface area contributed by atoms with Crippen molar-refractivity contribution in [1.29, 1.82) is 0 Å². The summed E-state index contributed by atoms with van der Waals surface area (Å²) in [6.07, 6.45) is 1.87. The van der Waals surface area contributed by atoms with E-state index in [-0.39, 0.29) is 19.3 Å². The Balaban J connectivity index is 1.54. The Morgan fingerprint density at radius 1 is 1.06 bits per heavy atom. The molecule has 0 unspecified atom stereocenters. The predicted molar refractivity (Wildman–Crippen MR) is 130 cm³/mol. The van der Waals surface area contributed by atoms with Gasteiger partial charge in [-0.1, -0.05) is 23.7 Å². The van der Waals surface area contributed by atoms with Gasteiger partial charge in [0.15, 0.2) is 0 Å². The van der Waals surface area contributed by atoms with Crippen LogP contribution in [0.2, 0.25) is 5.02 Å². The number of rotatable bonds is 7. The number of aryl methyl sites for hydroxylation is 3. The van der Waals surface area contributed by atoms with Gasteiger partial charge in [-0.15, -0.1) is 0 Å². The molecule has 0 spiro atoms. The van der Waals surface area contributed by atoms with E-state index in [1.807, 2.05) is 26.8 Å². The van der Waals surface area contributed by atoms with Crippen LogP contribution in [-0.4, -0.2) is 23.0 Å². The van der Waals surface area contributed by atoms with Crippen LogP contribution in [0.15, 0.2) is 50.2 Å². The van der Waals surface area contributed by atoms with Crippen LogP contribution >= 0.6 is 11.6 Å². The normalized spacial score (nSPS) is 12.2. The van der Waals surface area contributed by atoms with Crippen LogP contribution in [0.25, 0.3) is 21.9 Å². The van der Waals surface area contributed by atoms with Crippen LogP contribution in [0.4, 0.5) is 0 Å². The molecule has 34 heavy (non-hydrogen) atoms. The van der Waals surface area contributed by atoms with Crippen LogP contribution in [0.3, 0.4) is 0 Å². The number of fused-ring (bicyclic) bond motifs is 2. The van der Waals surface area contributed by atoms with E-state index in [9.17, 15) is 19.5 Å². The van der Waals surface area contributed by atoms with Gasteiger partial charge in [0, 0.05) is 39.8 Å². The lowest BCUT2D eigenvalue weighted by molar-refractivity contribution is -0.141. The van der Waals surface area contributed by atoms with Gasteiger partial charge in [0.1, 0.15) is 17.2 Å². The average molecular weight is 482 g/mol. The summed E-state index contributed by atoms with van der Waals surface area (Å²) < 4.78 is 11.2. The molecule has 2 aromatic heterocycles. The molecule has 8 heteroatoms. The maximum absolute atomic E-state index is 12.7. The third kappa shape index (κ3) is 4.56. The third-order valence-corrected chi connectivity index (χ3v) is 6.38. The Morgan fingerprint density at radius 3 is 2.44 bits per heavy atom. The van der Waals surface area contributed by atoms with E-state index in [2.05, 4.69) is 5.32 Å². The Hall–Kier alpha value is -3.58. The number of halogens is 1. The minimum absolute atomic E-state index is 0.0481. The lowest BCUT2D eigenvalue weighted by atomic mass is 9.98. The van der Waals surface area contributed by atoms with Gasteiger partial charge >= 0.3 is 11.6 Å². The molecular formula is C26H24ClNO6. The molecule has 0 aliphatic heterocycles. The van der Waals surface area contributed by atoms with E-state index in [1.165, 1.54) is 0 Å². The lowest BCUT2D eigenvalue weighted by Gasteiger charge is -2.15. The van der Waals surface area contributed by atoms with Crippen molar-refractivity contribution < 1.29 is 23.5 Å². The minimum atomic E-state index is -1.14. The zero-order chi connectivity index (χ0) is 24.6. The topological polar surface area (TPSA) is 110 Å². The Morgan fingerprint density at radius 2 is 1.76 bits per heavy atom. The summed E-state index contributed by atoms with van der Waals surface area (Å²) in [5.74, 6) is -1.60. The molecule has 0 bridgehead atoms. The Bertz CT molecular complexity index is 1470. The molecule has 1 atom stereocenters. The lowest BCUT2D eigenvalue weighted by Crippen LogP contribution is -2.42. The molecule has 0 radical (unpaired) electrons. The largest absolute Gasteiger partial charge is 0.480 e. The molecule has 2 N–H and O–H groups in total. The predicted octanol–water partition coefficient (Wildman–Crippen LogP) is 4.86. The van der Waals surface area contributed by atoms with E-state index in [0.29, 0.717) is 21.8 Å². The maximum atomic E-state index is 12.7. The van der Waals surface area contributed by atoms with Crippen molar-refractivity contribution in [2.45, 2.75) is 46.1 Å². The summed E-state index contributed by atoms with van der Waals surface area (Å²) in [4.78, 5) is 37.0. The van der Waals surface area contributed by atoms with Gasteiger partial charge in [-0.25, -0.2) is 9.59 Å². The molecule has 0 saturated heterocycles. The SMILES string of the molecule is Cc1coc2c(C)c3oc(=O)c(CCC(=O)N[C@H](Cc4ccc(Cl)cc4)C(=O)O)c(C)c3cc12. The average Bonchev–Trinajstić information content (AvgIpc) is 3.16. The number of carboxylic acids is 1. The second kappa shape index (κ2) is 9.35. The maximum Gasteiger partial charge on any atom is 0.339 e. The summed E-state index contributed by atoms with van der Waals surface area (Å²) >= 11 is 5.87. The highest BCUT2D eigenvalue weighted by molar-refractivity contribution is 6.30. The number of hydrogen-bond acceptors (Lipinski definition) is 5. The highest BCUT2D eigenvalue weighted by atomic mass is 35.5. The van der Waals surface area contributed by atoms with Crippen molar-refractivity contribution in [3.8, 4) is 0 Å². The van der Waals surface area contributed by atoms with E-state index in [0.717, 1.165) is 33.0 Å². The van der Waals surface area contributed by atoms with Gasteiger partial charge in [0.25, 0.3) is 0 Å². The Kier molecular flexibility index (Phi) is 6.48. The molecule has 0 aliphatic rings. The van der Waals surface area contributed by atoms with Gasteiger partial charge in [0.2, 0.25) is 5.91 Å². The molecule has 1 amide bonds. The van der Waals surface area contributed by atoms with Crippen LogP contribution in [0, 0.1) is 20.8 Å². The minimum Gasteiger partial charge on any atom is -0.480 e. The molecular weight excluding hydrogens is 458 g/mol. The van der Waals surface area contributed by atoms with E-state index in [4.69, 9.17) is 20.4 Å².